The predicted octanol–water partition coefficient (Wildman–Crippen LogP) is -0.888. The van der Waals surface area contributed by atoms with Crippen LogP contribution >= 0.6 is 12.4 Å². The molecule has 2 aromatic heterocycles. The van der Waals surface area contributed by atoms with Crippen molar-refractivity contribution >= 4 is 42.0 Å². The highest BCUT2D eigenvalue weighted by molar-refractivity contribution is 5.93. The van der Waals surface area contributed by atoms with E-state index in [0.29, 0.717) is 13.1 Å². The maximum absolute atomic E-state index is 13.7. The van der Waals surface area contributed by atoms with E-state index in [4.69, 9.17) is 11.1 Å². The summed E-state index contributed by atoms with van der Waals surface area (Å²) < 4.78 is 1.57. The maximum Gasteiger partial charge on any atom is 0.271 e. The fraction of sp³-hybridized carbons (Fsp3) is 0.538. The van der Waals surface area contributed by atoms with Crippen LogP contribution in [0.15, 0.2) is 37.3 Å². The number of hydrogen-bond acceptors (Lipinski definition) is 8. The van der Waals surface area contributed by atoms with Gasteiger partial charge in [0.1, 0.15) is 18.3 Å². The molecule has 0 aromatic carbocycles. The number of carbonyl (C=O) groups is 4. The standard InChI is InChI=1S/C26H37N11O4.ClH/c27-26(28)36-9-1-2-18(15-36)13-33-22(38)12-20(34-23(39)16-35-10-7-30-17-35)25(41)37(19-3-4-19)11-8-32-24(40)21-14-29-5-6-31-21;/h5-7,10,14,17-20H,1-4,8-9,11-13,15-16H2,(H3,27,28)(H,32,40)(H,33,38)(H,34,39);1H/t18-,20-;/m0./s1. The summed E-state index contributed by atoms with van der Waals surface area (Å²) >= 11 is 0. The third kappa shape index (κ3) is 9.68. The van der Waals surface area contributed by atoms with Gasteiger partial charge in [-0.1, -0.05) is 0 Å². The number of likely N-dealkylation sites (tertiary alicyclic amines) is 1. The molecule has 2 atom stereocenters. The number of hydrogen-bond donors (Lipinski definition) is 5. The molecule has 1 saturated carbocycles. The monoisotopic (exact) mass is 603 g/mol. The van der Waals surface area contributed by atoms with Crippen LogP contribution in [-0.4, -0.2) is 104 Å². The summed E-state index contributed by atoms with van der Waals surface area (Å²) in [5.41, 5.74) is 5.79. The van der Waals surface area contributed by atoms with Crippen LogP contribution in [0.4, 0.5) is 0 Å². The molecule has 0 spiro atoms. The SMILES string of the molecule is Cl.N=C(N)N1CCC[C@@H](CNC(=O)C[C@H](NC(=O)Cn2ccnc2)C(=O)N(CCNC(=O)c2cnccn2)C2CC2)C1. The maximum atomic E-state index is 13.7. The van der Waals surface area contributed by atoms with E-state index in [1.165, 1.54) is 24.9 Å². The third-order valence-corrected chi connectivity index (χ3v) is 7.06. The van der Waals surface area contributed by atoms with Gasteiger partial charge in [-0.25, -0.2) is 9.97 Å². The largest absolute Gasteiger partial charge is 0.370 e. The van der Waals surface area contributed by atoms with Crippen molar-refractivity contribution in [1.29, 1.82) is 5.41 Å². The van der Waals surface area contributed by atoms with Gasteiger partial charge in [-0.3, -0.25) is 29.6 Å². The number of aromatic nitrogens is 4. The first kappa shape index (κ1) is 32.2. The minimum Gasteiger partial charge on any atom is -0.370 e. The number of imidazole rings is 1. The van der Waals surface area contributed by atoms with Crippen molar-refractivity contribution < 1.29 is 19.2 Å². The summed E-state index contributed by atoms with van der Waals surface area (Å²) in [5.74, 6) is -1.43. The number of piperidine rings is 1. The number of nitrogens with zero attached hydrogens (tertiary/aromatic N) is 6. The van der Waals surface area contributed by atoms with Crippen LogP contribution in [-0.2, 0) is 20.9 Å². The zero-order chi connectivity index (χ0) is 29.2. The summed E-state index contributed by atoms with van der Waals surface area (Å²) in [7, 11) is 0. The minimum absolute atomic E-state index is 0. The molecule has 2 aromatic rings. The second-order valence-corrected chi connectivity index (χ2v) is 10.3. The molecule has 15 nitrogen and oxygen atoms in total. The van der Waals surface area contributed by atoms with E-state index in [1.807, 2.05) is 0 Å². The average Bonchev–Trinajstić information content (AvgIpc) is 3.69. The second-order valence-electron chi connectivity index (χ2n) is 10.3. The molecule has 0 radical (unpaired) electrons. The van der Waals surface area contributed by atoms with Gasteiger partial charge in [0.25, 0.3) is 5.91 Å². The van der Waals surface area contributed by atoms with E-state index in [0.717, 1.165) is 32.2 Å². The lowest BCUT2D eigenvalue weighted by Gasteiger charge is -2.33. The van der Waals surface area contributed by atoms with Gasteiger partial charge in [-0.15, -0.1) is 12.4 Å². The third-order valence-electron chi connectivity index (χ3n) is 7.06. The van der Waals surface area contributed by atoms with E-state index in [2.05, 4.69) is 30.9 Å². The van der Waals surface area contributed by atoms with Crippen LogP contribution in [0.1, 0.15) is 42.6 Å². The highest BCUT2D eigenvalue weighted by Gasteiger charge is 2.37. The van der Waals surface area contributed by atoms with Crippen molar-refractivity contribution in [2.45, 2.75) is 50.7 Å². The highest BCUT2D eigenvalue weighted by atomic mass is 35.5. The summed E-state index contributed by atoms with van der Waals surface area (Å²) in [4.78, 5) is 67.0. The molecule has 1 aliphatic heterocycles. The van der Waals surface area contributed by atoms with Crippen molar-refractivity contribution in [2.24, 2.45) is 11.7 Å². The molecule has 42 heavy (non-hydrogen) atoms. The molecule has 1 saturated heterocycles. The number of guanidine groups is 1. The fourth-order valence-electron chi connectivity index (χ4n) is 4.81. The highest BCUT2D eigenvalue weighted by Crippen LogP contribution is 2.27. The molecule has 2 fully saturated rings. The summed E-state index contributed by atoms with van der Waals surface area (Å²) in [6.45, 7) is 2.02. The van der Waals surface area contributed by atoms with Gasteiger partial charge < -0.3 is 36.1 Å². The molecule has 4 rings (SSSR count). The topological polar surface area (TPSA) is 204 Å². The van der Waals surface area contributed by atoms with Gasteiger partial charge in [0, 0.05) is 63.6 Å². The van der Waals surface area contributed by atoms with Crippen LogP contribution in [0.25, 0.3) is 0 Å². The second kappa shape index (κ2) is 15.7. The Morgan fingerprint density at radius 3 is 2.57 bits per heavy atom. The van der Waals surface area contributed by atoms with Gasteiger partial charge >= 0.3 is 0 Å². The Bertz CT molecular complexity index is 1210. The van der Waals surface area contributed by atoms with E-state index >= 15 is 0 Å². The van der Waals surface area contributed by atoms with Gasteiger partial charge in [0.05, 0.1) is 18.9 Å². The molecule has 0 unspecified atom stereocenters. The molecule has 3 heterocycles. The average molecular weight is 604 g/mol. The first-order chi connectivity index (χ1) is 19.8. The van der Waals surface area contributed by atoms with Crippen molar-refractivity contribution in [3.8, 4) is 0 Å². The van der Waals surface area contributed by atoms with Gasteiger partial charge in [0.15, 0.2) is 5.96 Å². The lowest BCUT2D eigenvalue weighted by Crippen LogP contribution is -2.53. The van der Waals surface area contributed by atoms with Crippen LogP contribution in [0.2, 0.25) is 0 Å². The van der Waals surface area contributed by atoms with Crippen LogP contribution in [0, 0.1) is 11.3 Å². The molecule has 0 bridgehead atoms. The van der Waals surface area contributed by atoms with Crippen LogP contribution in [0.5, 0.6) is 0 Å². The number of halogens is 1. The van der Waals surface area contributed by atoms with E-state index in [9.17, 15) is 19.2 Å². The molecule has 1 aliphatic carbocycles. The Kier molecular flexibility index (Phi) is 12.0. The molecule has 16 heteroatoms. The fourth-order valence-corrected chi connectivity index (χ4v) is 4.81. The summed E-state index contributed by atoms with van der Waals surface area (Å²) in [6, 6.07) is -1.10. The first-order valence-corrected chi connectivity index (χ1v) is 13.8. The van der Waals surface area contributed by atoms with E-state index in [1.54, 1.807) is 26.8 Å². The zero-order valence-electron chi connectivity index (χ0n) is 23.3. The number of nitrogens with one attached hydrogen (secondary N) is 4. The summed E-state index contributed by atoms with van der Waals surface area (Å²) in [6.07, 6.45) is 12.1. The van der Waals surface area contributed by atoms with E-state index in [-0.39, 0.29) is 73.9 Å². The molecule has 6 N–H and O–H groups in total. The Morgan fingerprint density at radius 2 is 1.90 bits per heavy atom. The lowest BCUT2D eigenvalue weighted by atomic mass is 9.98. The molecule has 4 amide bonds. The minimum atomic E-state index is -1.08. The smallest absolute Gasteiger partial charge is 0.271 e. The van der Waals surface area contributed by atoms with Crippen molar-refractivity contribution in [1.82, 2.24) is 45.3 Å². The first-order valence-electron chi connectivity index (χ1n) is 13.8. The Labute approximate surface area is 249 Å². The molecule has 2 aliphatic rings. The van der Waals surface area contributed by atoms with Gasteiger partial charge in [0.2, 0.25) is 17.7 Å². The van der Waals surface area contributed by atoms with Crippen molar-refractivity contribution in [2.75, 3.05) is 32.7 Å². The van der Waals surface area contributed by atoms with Crippen molar-refractivity contribution in [3.05, 3.63) is 43.0 Å². The molecular formula is C26H38ClN11O4. The molecule has 228 valence electrons. The predicted molar refractivity (Wildman–Crippen MR) is 154 cm³/mol. The van der Waals surface area contributed by atoms with Crippen molar-refractivity contribution in [3.63, 3.8) is 0 Å². The molecular weight excluding hydrogens is 566 g/mol. The van der Waals surface area contributed by atoms with E-state index < -0.39 is 17.9 Å². The van der Waals surface area contributed by atoms with Crippen LogP contribution in [0.3, 0.4) is 0 Å². The van der Waals surface area contributed by atoms with Crippen LogP contribution < -0.4 is 21.7 Å². The summed E-state index contributed by atoms with van der Waals surface area (Å²) in [5, 5.41) is 16.0. The van der Waals surface area contributed by atoms with Gasteiger partial charge in [-0.2, -0.15) is 0 Å². The quantitative estimate of drug-likeness (QED) is 0.142. The lowest BCUT2D eigenvalue weighted by molar-refractivity contribution is -0.139. The number of amides is 4. The normalized spacial score (nSPS) is 16.9. The Hall–Kier alpha value is -4.27. The number of carbonyl (C=O) groups excluding carboxylic acids is 4. The number of rotatable bonds is 13. The Morgan fingerprint density at radius 1 is 1.10 bits per heavy atom. The number of nitrogens with two attached hydrogens (primary N) is 1. The Balaban J connectivity index is 0.00000484. The zero-order valence-corrected chi connectivity index (χ0v) is 24.1. The van der Waals surface area contributed by atoms with Gasteiger partial charge in [-0.05, 0) is 31.6 Å².